The van der Waals surface area contributed by atoms with E-state index in [0.717, 1.165) is 20.7 Å². The molecule has 3 nitrogen and oxygen atoms in total. The molecule has 1 unspecified atom stereocenters. The number of carboxylic acids is 1. The number of rotatable bonds is 6. The summed E-state index contributed by atoms with van der Waals surface area (Å²) in [6, 6.07) is 9.53. The van der Waals surface area contributed by atoms with E-state index < -0.39 is 11.9 Å². The topological polar surface area (TPSA) is 46.5 Å². The minimum absolute atomic E-state index is 0.408. The number of hydrogen-bond donors (Lipinski definition) is 1. The van der Waals surface area contributed by atoms with Gasteiger partial charge in [-0.3, -0.25) is 4.79 Å². The van der Waals surface area contributed by atoms with Gasteiger partial charge in [0, 0.05) is 14.7 Å². The largest absolute Gasteiger partial charge is 0.497 e. The number of ether oxygens (including phenoxy) is 1. The van der Waals surface area contributed by atoms with Crippen LogP contribution in [0.2, 0.25) is 0 Å². The van der Waals surface area contributed by atoms with Gasteiger partial charge < -0.3 is 9.84 Å². The van der Waals surface area contributed by atoms with E-state index in [2.05, 4.69) is 15.9 Å². The van der Waals surface area contributed by atoms with E-state index in [1.165, 1.54) is 0 Å². The first-order valence-corrected chi connectivity index (χ1v) is 7.84. The molecular weight excluding hydrogens is 340 g/mol. The number of carbonyl (C=O) groups is 1. The summed E-state index contributed by atoms with van der Waals surface area (Å²) in [6.07, 6.45) is 1.08. The maximum absolute atomic E-state index is 11.4. The van der Waals surface area contributed by atoms with Crippen LogP contribution in [0.15, 0.2) is 40.2 Å². The number of thiophene rings is 1. The van der Waals surface area contributed by atoms with Crippen molar-refractivity contribution < 1.29 is 14.6 Å². The number of halogens is 1. The summed E-state index contributed by atoms with van der Waals surface area (Å²) in [4.78, 5) is 12.5. The highest BCUT2D eigenvalue weighted by molar-refractivity contribution is 9.10. The number of methoxy groups -OCH3 is 1. The van der Waals surface area contributed by atoms with Crippen LogP contribution in [0, 0.1) is 5.92 Å². The number of carboxylic acid groups (broad SMARTS) is 1. The maximum atomic E-state index is 11.4. The van der Waals surface area contributed by atoms with Gasteiger partial charge in [-0.15, -0.1) is 11.3 Å². The molecule has 0 spiro atoms. The Morgan fingerprint density at radius 1 is 1.35 bits per heavy atom. The van der Waals surface area contributed by atoms with Crippen molar-refractivity contribution in [3.63, 3.8) is 0 Å². The van der Waals surface area contributed by atoms with Crippen molar-refractivity contribution in [3.05, 3.63) is 50.6 Å². The fourth-order valence-electron chi connectivity index (χ4n) is 2.00. The molecule has 106 valence electrons. The smallest absolute Gasteiger partial charge is 0.307 e. The molecule has 0 radical (unpaired) electrons. The molecule has 5 heteroatoms. The molecule has 0 aliphatic carbocycles. The lowest BCUT2D eigenvalue weighted by molar-refractivity contribution is -0.141. The molecule has 0 aliphatic rings. The lowest BCUT2D eigenvalue weighted by Gasteiger charge is -2.11. The van der Waals surface area contributed by atoms with Crippen LogP contribution in [0.1, 0.15) is 10.4 Å². The Bertz CT molecular complexity index is 577. The Labute approximate surface area is 130 Å². The van der Waals surface area contributed by atoms with Gasteiger partial charge in [0.2, 0.25) is 0 Å². The molecule has 0 fully saturated rings. The van der Waals surface area contributed by atoms with E-state index >= 15 is 0 Å². The van der Waals surface area contributed by atoms with Crippen LogP contribution in [0.5, 0.6) is 5.75 Å². The molecule has 1 aromatic heterocycles. The van der Waals surface area contributed by atoms with Crippen LogP contribution in [-0.4, -0.2) is 18.2 Å². The van der Waals surface area contributed by atoms with Crippen molar-refractivity contribution >= 4 is 33.2 Å². The van der Waals surface area contributed by atoms with Gasteiger partial charge in [-0.2, -0.15) is 0 Å². The van der Waals surface area contributed by atoms with Gasteiger partial charge in [0.1, 0.15) is 5.75 Å². The van der Waals surface area contributed by atoms with Crippen LogP contribution < -0.4 is 4.74 Å². The zero-order valence-electron chi connectivity index (χ0n) is 11.0. The van der Waals surface area contributed by atoms with Gasteiger partial charge in [0.05, 0.1) is 13.0 Å². The quantitative estimate of drug-likeness (QED) is 0.852. The standard InChI is InChI=1S/C15H15BrO3S/c1-19-13-4-2-10(3-5-13)6-11(15(17)18)7-14-8-12(16)9-20-14/h2-5,8-9,11H,6-7H2,1H3,(H,17,18). The fraction of sp³-hybridized carbons (Fsp3) is 0.267. The van der Waals surface area contributed by atoms with Gasteiger partial charge in [-0.1, -0.05) is 12.1 Å². The highest BCUT2D eigenvalue weighted by Crippen LogP contribution is 2.24. The summed E-state index contributed by atoms with van der Waals surface area (Å²) in [7, 11) is 1.61. The molecule has 1 N–H and O–H groups in total. The summed E-state index contributed by atoms with van der Waals surface area (Å²) in [6.45, 7) is 0. The van der Waals surface area contributed by atoms with Crippen molar-refractivity contribution in [1.29, 1.82) is 0 Å². The first kappa shape index (κ1) is 15.1. The second kappa shape index (κ2) is 6.90. The Morgan fingerprint density at radius 2 is 2.05 bits per heavy atom. The third-order valence-corrected chi connectivity index (χ3v) is 4.78. The molecule has 0 aliphatic heterocycles. The highest BCUT2D eigenvalue weighted by Gasteiger charge is 2.19. The fourth-order valence-corrected chi connectivity index (χ4v) is 3.53. The zero-order valence-corrected chi connectivity index (χ0v) is 13.4. The molecule has 2 aromatic rings. The molecule has 1 atom stereocenters. The maximum Gasteiger partial charge on any atom is 0.307 e. The third-order valence-electron chi connectivity index (χ3n) is 3.06. The van der Waals surface area contributed by atoms with E-state index in [1.807, 2.05) is 35.7 Å². The van der Waals surface area contributed by atoms with E-state index in [0.29, 0.717) is 12.8 Å². The van der Waals surface area contributed by atoms with Crippen LogP contribution in [-0.2, 0) is 17.6 Å². The molecule has 20 heavy (non-hydrogen) atoms. The molecule has 2 rings (SSSR count). The lowest BCUT2D eigenvalue weighted by Crippen LogP contribution is -2.18. The van der Waals surface area contributed by atoms with E-state index in [9.17, 15) is 9.90 Å². The van der Waals surface area contributed by atoms with Crippen molar-refractivity contribution in [2.24, 2.45) is 5.92 Å². The average molecular weight is 355 g/mol. The Balaban J connectivity index is 2.06. The van der Waals surface area contributed by atoms with Gasteiger partial charge >= 0.3 is 5.97 Å². The molecular formula is C15H15BrO3S. The van der Waals surface area contributed by atoms with Crippen molar-refractivity contribution in [2.75, 3.05) is 7.11 Å². The number of hydrogen-bond acceptors (Lipinski definition) is 3. The summed E-state index contributed by atoms with van der Waals surface area (Å²) in [5.41, 5.74) is 1.01. The molecule has 0 saturated carbocycles. The summed E-state index contributed by atoms with van der Waals surface area (Å²) >= 11 is 4.97. The molecule has 0 bridgehead atoms. The van der Waals surface area contributed by atoms with Crippen molar-refractivity contribution in [1.82, 2.24) is 0 Å². The van der Waals surface area contributed by atoms with Crippen LogP contribution in [0.25, 0.3) is 0 Å². The lowest BCUT2D eigenvalue weighted by atomic mass is 9.95. The number of aliphatic carboxylic acids is 1. The van der Waals surface area contributed by atoms with Crippen LogP contribution >= 0.6 is 27.3 Å². The van der Waals surface area contributed by atoms with Gasteiger partial charge in [0.15, 0.2) is 0 Å². The Hall–Kier alpha value is -1.33. The molecule has 1 aromatic carbocycles. The third kappa shape index (κ3) is 4.08. The van der Waals surface area contributed by atoms with Crippen molar-refractivity contribution in [2.45, 2.75) is 12.8 Å². The molecule has 0 saturated heterocycles. The van der Waals surface area contributed by atoms with Crippen LogP contribution in [0.3, 0.4) is 0 Å². The summed E-state index contributed by atoms with van der Waals surface area (Å²) < 4.78 is 6.11. The van der Waals surface area contributed by atoms with E-state index in [4.69, 9.17) is 4.74 Å². The normalized spacial score (nSPS) is 12.1. The molecule has 1 heterocycles. The van der Waals surface area contributed by atoms with Gasteiger partial charge in [-0.05, 0) is 52.5 Å². The zero-order chi connectivity index (χ0) is 14.5. The SMILES string of the molecule is COc1ccc(CC(Cc2cc(Br)cs2)C(=O)O)cc1. The first-order chi connectivity index (χ1) is 9.58. The van der Waals surface area contributed by atoms with Crippen molar-refractivity contribution in [3.8, 4) is 5.75 Å². The Kier molecular flexibility index (Phi) is 5.20. The van der Waals surface area contributed by atoms with Gasteiger partial charge in [-0.25, -0.2) is 0 Å². The minimum Gasteiger partial charge on any atom is -0.497 e. The minimum atomic E-state index is -0.759. The predicted molar refractivity (Wildman–Crippen MR) is 83.5 cm³/mol. The van der Waals surface area contributed by atoms with Crippen LogP contribution in [0.4, 0.5) is 0 Å². The average Bonchev–Trinajstić information content (AvgIpc) is 2.84. The second-order valence-corrected chi connectivity index (χ2v) is 6.43. The summed E-state index contributed by atoms with van der Waals surface area (Å²) in [5.74, 6) is -0.387. The van der Waals surface area contributed by atoms with E-state index in [1.54, 1.807) is 18.4 Å². The predicted octanol–water partition coefficient (Wildman–Crippen LogP) is 4.01. The van der Waals surface area contributed by atoms with Gasteiger partial charge in [0.25, 0.3) is 0 Å². The molecule has 0 amide bonds. The Morgan fingerprint density at radius 3 is 2.55 bits per heavy atom. The monoisotopic (exact) mass is 354 g/mol. The first-order valence-electron chi connectivity index (χ1n) is 6.17. The van der Waals surface area contributed by atoms with E-state index in [-0.39, 0.29) is 0 Å². The summed E-state index contributed by atoms with van der Waals surface area (Å²) in [5, 5.41) is 11.3. The highest BCUT2D eigenvalue weighted by atomic mass is 79.9. The second-order valence-electron chi connectivity index (χ2n) is 4.52. The number of benzene rings is 1.